The minimum absolute atomic E-state index is 0.141. The van der Waals surface area contributed by atoms with Gasteiger partial charge in [0.1, 0.15) is 0 Å². The van der Waals surface area contributed by atoms with Crippen molar-refractivity contribution in [1.29, 1.82) is 0 Å². The number of benzene rings is 1. The second-order valence-electron chi connectivity index (χ2n) is 8.44. The number of hydrogen-bond acceptors (Lipinski definition) is 3. The van der Waals surface area contributed by atoms with Crippen molar-refractivity contribution in [2.24, 2.45) is 10.8 Å². The highest BCUT2D eigenvalue weighted by Crippen LogP contribution is 2.52. The smallest absolute Gasteiger partial charge is 0.340 e. The van der Waals surface area contributed by atoms with Crippen LogP contribution < -0.4 is 0 Å². The lowest BCUT2D eigenvalue weighted by atomic mass is 9.65. The summed E-state index contributed by atoms with van der Waals surface area (Å²) in [6.07, 6.45) is 3.12. The molecule has 2 atom stereocenters. The molecule has 1 aliphatic carbocycles. The van der Waals surface area contributed by atoms with E-state index in [0.29, 0.717) is 5.02 Å². The maximum Gasteiger partial charge on any atom is 0.340 e. The number of hydrogen-bond donors (Lipinski definition) is 0. The van der Waals surface area contributed by atoms with Gasteiger partial charge in [0, 0.05) is 17.6 Å². The molecule has 2 bridgehead atoms. The second kappa shape index (κ2) is 6.48. The van der Waals surface area contributed by atoms with Crippen LogP contribution in [0.25, 0.3) is 0 Å². The molecule has 0 N–H and O–H groups in total. The van der Waals surface area contributed by atoms with Crippen LogP contribution in [0.2, 0.25) is 10.0 Å². The van der Waals surface area contributed by atoms with E-state index in [-0.39, 0.29) is 40.0 Å². The highest BCUT2D eigenvalue weighted by atomic mass is 35.5. The number of nitrogens with zero attached hydrogens (tertiary/aromatic N) is 1. The molecule has 1 aliphatic heterocycles. The van der Waals surface area contributed by atoms with Crippen LogP contribution in [0.5, 0.6) is 0 Å². The van der Waals surface area contributed by atoms with Gasteiger partial charge in [-0.05, 0) is 48.3 Å². The van der Waals surface area contributed by atoms with Gasteiger partial charge in [-0.15, -0.1) is 0 Å². The lowest BCUT2D eigenvalue weighted by Crippen LogP contribution is -2.39. The number of esters is 1. The summed E-state index contributed by atoms with van der Waals surface area (Å²) >= 11 is 11.9. The van der Waals surface area contributed by atoms with Crippen LogP contribution in [0.15, 0.2) is 18.2 Å². The van der Waals surface area contributed by atoms with E-state index in [1.165, 1.54) is 12.1 Å². The second-order valence-corrected chi connectivity index (χ2v) is 9.28. The van der Waals surface area contributed by atoms with E-state index in [1.807, 2.05) is 4.90 Å². The van der Waals surface area contributed by atoms with Crippen LogP contribution in [0, 0.1) is 10.8 Å². The predicted octanol–water partition coefficient (Wildman–Crippen LogP) is 4.58. The zero-order chi connectivity index (χ0) is 18.4. The summed E-state index contributed by atoms with van der Waals surface area (Å²) < 4.78 is 5.20. The highest BCUT2D eigenvalue weighted by Gasteiger charge is 2.50. The van der Waals surface area contributed by atoms with Crippen LogP contribution in [-0.4, -0.2) is 36.0 Å². The quantitative estimate of drug-likeness (QED) is 0.717. The van der Waals surface area contributed by atoms with Gasteiger partial charge >= 0.3 is 5.97 Å². The Balaban J connectivity index is 1.64. The number of ether oxygens (including phenoxy) is 1. The number of likely N-dealkylation sites (tertiary alicyclic amines) is 1. The molecule has 3 rings (SSSR count). The van der Waals surface area contributed by atoms with Crippen LogP contribution in [0.1, 0.15) is 50.4 Å². The van der Waals surface area contributed by atoms with E-state index in [1.54, 1.807) is 6.07 Å². The van der Waals surface area contributed by atoms with E-state index < -0.39 is 5.97 Å². The Labute approximate surface area is 158 Å². The van der Waals surface area contributed by atoms with E-state index in [0.717, 1.165) is 25.8 Å². The molecule has 2 aliphatic rings. The van der Waals surface area contributed by atoms with Crippen molar-refractivity contribution in [2.75, 3.05) is 13.2 Å². The number of carbonyl (C=O) groups excluding carboxylic acids is 2. The van der Waals surface area contributed by atoms with Crippen molar-refractivity contribution >= 4 is 35.1 Å². The van der Waals surface area contributed by atoms with Gasteiger partial charge in [0.2, 0.25) is 0 Å². The molecular formula is C19H23Cl2NO3. The molecule has 0 spiro atoms. The molecule has 1 saturated heterocycles. The molecule has 4 nitrogen and oxygen atoms in total. The van der Waals surface area contributed by atoms with Gasteiger partial charge in [0.05, 0.1) is 10.6 Å². The molecule has 0 radical (unpaired) electrons. The first kappa shape index (κ1) is 18.5. The molecule has 1 aromatic carbocycles. The average molecular weight is 384 g/mol. The fourth-order valence-corrected chi connectivity index (χ4v) is 5.06. The van der Waals surface area contributed by atoms with Gasteiger partial charge in [-0.3, -0.25) is 4.79 Å². The first-order chi connectivity index (χ1) is 11.6. The summed E-state index contributed by atoms with van der Waals surface area (Å²) in [5.74, 6) is -0.771. The lowest BCUT2D eigenvalue weighted by molar-refractivity contribution is -0.135. The molecule has 6 heteroatoms. The zero-order valence-electron chi connectivity index (χ0n) is 14.8. The van der Waals surface area contributed by atoms with Crippen molar-refractivity contribution in [3.05, 3.63) is 33.8 Å². The third-order valence-electron chi connectivity index (χ3n) is 5.21. The summed E-state index contributed by atoms with van der Waals surface area (Å²) in [7, 11) is 0. The van der Waals surface area contributed by atoms with Crippen molar-refractivity contribution in [1.82, 2.24) is 4.90 Å². The van der Waals surface area contributed by atoms with Crippen molar-refractivity contribution in [3.8, 4) is 0 Å². The standard InChI is InChI=1S/C19H23Cl2NO3/c1-18(2)7-13-8-19(3,10-18)11-22(13)16(23)9-25-17(24)14-6-12(20)4-5-15(14)21/h4-6,13H,7-11H2,1-3H3/t13-,19+/m1/s1. The van der Waals surface area contributed by atoms with E-state index in [9.17, 15) is 9.59 Å². The van der Waals surface area contributed by atoms with Gasteiger partial charge in [0.25, 0.3) is 5.91 Å². The van der Waals surface area contributed by atoms with Gasteiger partial charge in [0.15, 0.2) is 6.61 Å². The Morgan fingerprint density at radius 1 is 1.24 bits per heavy atom. The summed E-state index contributed by atoms with van der Waals surface area (Å²) in [6.45, 7) is 7.22. The summed E-state index contributed by atoms with van der Waals surface area (Å²) in [6, 6.07) is 4.81. The Morgan fingerprint density at radius 3 is 2.68 bits per heavy atom. The number of fused-ring (bicyclic) bond motifs is 2. The Morgan fingerprint density at radius 2 is 1.96 bits per heavy atom. The molecule has 2 fully saturated rings. The third kappa shape index (κ3) is 3.95. The first-order valence-corrected chi connectivity index (χ1v) is 9.26. The molecular weight excluding hydrogens is 361 g/mol. The van der Waals surface area contributed by atoms with E-state index >= 15 is 0 Å². The van der Waals surface area contributed by atoms with Crippen LogP contribution in [-0.2, 0) is 9.53 Å². The Hall–Kier alpha value is -1.26. The van der Waals surface area contributed by atoms with Crippen LogP contribution >= 0.6 is 23.2 Å². The van der Waals surface area contributed by atoms with E-state index in [4.69, 9.17) is 27.9 Å². The first-order valence-electron chi connectivity index (χ1n) is 8.50. The number of rotatable bonds is 3. The SMILES string of the molecule is CC1(C)C[C@@H]2C[C@](C)(CN2C(=O)COC(=O)c2cc(Cl)ccc2Cl)C1. The molecule has 1 heterocycles. The largest absolute Gasteiger partial charge is 0.452 e. The molecule has 1 saturated carbocycles. The molecule has 136 valence electrons. The summed E-state index contributed by atoms with van der Waals surface area (Å²) in [5.41, 5.74) is 0.565. The van der Waals surface area contributed by atoms with Crippen molar-refractivity contribution in [2.45, 2.75) is 46.1 Å². The zero-order valence-corrected chi connectivity index (χ0v) is 16.3. The third-order valence-corrected chi connectivity index (χ3v) is 5.77. The van der Waals surface area contributed by atoms with Gasteiger partial charge in [-0.2, -0.15) is 0 Å². The lowest BCUT2D eigenvalue weighted by Gasteiger charge is -2.39. The monoisotopic (exact) mass is 383 g/mol. The Bertz CT molecular complexity index is 719. The normalized spacial score (nSPS) is 27.2. The van der Waals surface area contributed by atoms with Gasteiger partial charge < -0.3 is 9.64 Å². The van der Waals surface area contributed by atoms with Crippen molar-refractivity contribution < 1.29 is 14.3 Å². The predicted molar refractivity (Wildman–Crippen MR) is 98.0 cm³/mol. The van der Waals surface area contributed by atoms with Crippen LogP contribution in [0.4, 0.5) is 0 Å². The Kier molecular flexibility index (Phi) is 4.80. The van der Waals surface area contributed by atoms with Crippen LogP contribution in [0.3, 0.4) is 0 Å². The molecule has 0 unspecified atom stereocenters. The van der Waals surface area contributed by atoms with E-state index in [2.05, 4.69) is 20.8 Å². The molecule has 1 aromatic rings. The van der Waals surface area contributed by atoms with Crippen molar-refractivity contribution in [3.63, 3.8) is 0 Å². The molecule has 25 heavy (non-hydrogen) atoms. The maximum atomic E-state index is 12.6. The maximum absolute atomic E-state index is 12.6. The number of halogens is 2. The topological polar surface area (TPSA) is 46.6 Å². The van der Waals surface area contributed by atoms with Gasteiger partial charge in [-0.1, -0.05) is 44.0 Å². The van der Waals surface area contributed by atoms with Gasteiger partial charge in [-0.25, -0.2) is 4.79 Å². The fourth-order valence-electron chi connectivity index (χ4n) is 4.69. The molecule has 1 amide bonds. The summed E-state index contributed by atoms with van der Waals surface area (Å²) in [5, 5.41) is 0.652. The average Bonchev–Trinajstić information content (AvgIpc) is 2.76. The minimum atomic E-state index is -0.630. The number of amides is 1. The minimum Gasteiger partial charge on any atom is -0.452 e. The molecule has 0 aromatic heterocycles. The highest BCUT2D eigenvalue weighted by molar-refractivity contribution is 6.35. The number of carbonyl (C=O) groups is 2. The summed E-state index contributed by atoms with van der Waals surface area (Å²) in [4.78, 5) is 26.7. The fraction of sp³-hybridized carbons (Fsp3) is 0.579.